The smallest absolute Gasteiger partial charge is 0.248 e. The molecule has 0 aromatic heterocycles. The van der Waals surface area contributed by atoms with Crippen molar-refractivity contribution in [1.29, 1.82) is 0 Å². The van der Waals surface area contributed by atoms with Gasteiger partial charge in [-0.05, 0) is 56.1 Å². The van der Waals surface area contributed by atoms with Gasteiger partial charge in [-0.15, -0.1) is 8.58 Å². The van der Waals surface area contributed by atoms with Gasteiger partial charge in [0.15, 0.2) is 0 Å². The molecule has 0 aromatic carbocycles. The van der Waals surface area contributed by atoms with Crippen LogP contribution in [0, 0.1) is 11.3 Å². The molecule has 0 radical (unpaired) electrons. The summed E-state index contributed by atoms with van der Waals surface area (Å²) in [5.41, 5.74) is 7.51. The van der Waals surface area contributed by atoms with Crippen LogP contribution in [0.25, 0.3) is 0 Å². The summed E-state index contributed by atoms with van der Waals surface area (Å²) in [6.45, 7) is 13.0. The topological polar surface area (TPSA) is 43.1 Å². The van der Waals surface area contributed by atoms with Gasteiger partial charge in [0.05, 0.1) is 0 Å². The van der Waals surface area contributed by atoms with Crippen LogP contribution in [0.4, 0.5) is 0 Å². The van der Waals surface area contributed by atoms with Crippen LogP contribution in [0.3, 0.4) is 0 Å². The molecule has 0 fully saturated rings. The first-order valence-electron chi connectivity index (χ1n) is 7.20. The lowest BCUT2D eigenvalue weighted by atomic mass is 9.81. The summed E-state index contributed by atoms with van der Waals surface area (Å²) >= 11 is 0. The first-order chi connectivity index (χ1) is 9.25. The molecule has 114 valence electrons. The summed E-state index contributed by atoms with van der Waals surface area (Å²) in [6, 6.07) is 0. The highest BCUT2D eigenvalue weighted by Crippen LogP contribution is 2.32. The second-order valence-corrected chi connectivity index (χ2v) is 7.37. The standard InChI is InChI=1S/C17H30NOP/c1-7-13(9-10-14(8-2)16(18)19)15(12-20-6)11-17(3,4)5/h7-10,15,20H,11-12H2,1-6H3,(H2,18,19)/b10-9-,13-7+,14-8+. The molecule has 1 amide bonds. The maximum Gasteiger partial charge on any atom is 0.248 e. The molecule has 0 bridgehead atoms. The van der Waals surface area contributed by atoms with Gasteiger partial charge in [-0.25, -0.2) is 0 Å². The number of hydrogen-bond acceptors (Lipinski definition) is 1. The molecule has 2 nitrogen and oxygen atoms in total. The number of primary amides is 1. The normalized spacial score (nSPS) is 16.3. The molecule has 0 heterocycles. The quantitative estimate of drug-likeness (QED) is 0.425. The van der Waals surface area contributed by atoms with E-state index in [0.29, 0.717) is 16.9 Å². The van der Waals surface area contributed by atoms with E-state index in [-0.39, 0.29) is 5.91 Å². The molecule has 2 N–H and O–H groups in total. The molecule has 0 saturated heterocycles. The Hall–Kier alpha value is -0.880. The Morgan fingerprint density at radius 1 is 1.20 bits per heavy atom. The first-order valence-corrected chi connectivity index (χ1v) is 8.90. The Labute approximate surface area is 126 Å². The van der Waals surface area contributed by atoms with Crippen molar-refractivity contribution in [3.63, 3.8) is 0 Å². The average molecular weight is 295 g/mol. The Balaban J connectivity index is 5.11. The van der Waals surface area contributed by atoms with Crippen molar-refractivity contribution in [1.82, 2.24) is 0 Å². The number of carbonyl (C=O) groups excluding carboxylic acids is 1. The number of nitrogens with two attached hydrogens (primary N) is 1. The third-order valence-electron chi connectivity index (χ3n) is 3.16. The number of rotatable bonds is 7. The molecule has 0 rings (SSSR count). The summed E-state index contributed by atoms with van der Waals surface area (Å²) in [5, 5.41) is 0. The average Bonchev–Trinajstić information content (AvgIpc) is 2.32. The fourth-order valence-electron chi connectivity index (χ4n) is 2.27. The van der Waals surface area contributed by atoms with Gasteiger partial charge < -0.3 is 5.73 Å². The summed E-state index contributed by atoms with van der Waals surface area (Å²) < 4.78 is 0. The highest BCUT2D eigenvalue weighted by atomic mass is 31.1. The molecular weight excluding hydrogens is 265 g/mol. The van der Waals surface area contributed by atoms with Crippen LogP contribution in [0.15, 0.2) is 35.5 Å². The molecule has 0 aliphatic heterocycles. The number of allylic oxidation sites excluding steroid dienone is 4. The van der Waals surface area contributed by atoms with Crippen LogP contribution < -0.4 is 5.73 Å². The van der Waals surface area contributed by atoms with Gasteiger partial charge in [0.25, 0.3) is 0 Å². The van der Waals surface area contributed by atoms with Crippen LogP contribution in [-0.4, -0.2) is 18.7 Å². The van der Waals surface area contributed by atoms with E-state index in [4.69, 9.17) is 5.73 Å². The SMILES string of the molecule is C\C=C(/C=C\C(=C/C)C(CPC)CC(C)(C)C)C(N)=O. The van der Waals surface area contributed by atoms with E-state index in [1.807, 2.05) is 13.0 Å². The minimum atomic E-state index is -0.371. The van der Waals surface area contributed by atoms with Gasteiger partial charge in [-0.2, -0.15) is 0 Å². The van der Waals surface area contributed by atoms with Gasteiger partial charge in [0, 0.05) is 5.57 Å². The third kappa shape index (κ3) is 7.65. The summed E-state index contributed by atoms with van der Waals surface area (Å²) in [7, 11) is 0.933. The molecule has 0 aliphatic carbocycles. The second-order valence-electron chi connectivity index (χ2n) is 6.25. The van der Waals surface area contributed by atoms with Crippen LogP contribution >= 0.6 is 8.58 Å². The number of hydrogen-bond donors (Lipinski definition) is 1. The van der Waals surface area contributed by atoms with E-state index in [2.05, 4.69) is 46.5 Å². The van der Waals surface area contributed by atoms with Crippen molar-refractivity contribution in [2.75, 3.05) is 12.8 Å². The lowest BCUT2D eigenvalue weighted by Gasteiger charge is -2.26. The number of amides is 1. The minimum absolute atomic E-state index is 0.305. The Morgan fingerprint density at radius 3 is 2.15 bits per heavy atom. The second kappa shape index (κ2) is 9.13. The van der Waals surface area contributed by atoms with Crippen molar-refractivity contribution in [3.8, 4) is 0 Å². The molecule has 2 unspecified atom stereocenters. The molecular formula is C17H30NOP. The van der Waals surface area contributed by atoms with E-state index in [1.165, 1.54) is 11.7 Å². The highest BCUT2D eigenvalue weighted by Gasteiger charge is 2.20. The van der Waals surface area contributed by atoms with Crippen LogP contribution in [0.1, 0.15) is 41.0 Å². The van der Waals surface area contributed by atoms with E-state index in [9.17, 15) is 4.79 Å². The van der Waals surface area contributed by atoms with Crippen molar-refractivity contribution in [2.24, 2.45) is 17.1 Å². The third-order valence-corrected chi connectivity index (χ3v) is 4.07. The Bertz CT molecular complexity index is 400. The van der Waals surface area contributed by atoms with E-state index >= 15 is 0 Å². The van der Waals surface area contributed by atoms with Crippen LogP contribution in [0.2, 0.25) is 0 Å². The van der Waals surface area contributed by atoms with E-state index < -0.39 is 0 Å². The van der Waals surface area contributed by atoms with Crippen molar-refractivity contribution >= 4 is 14.5 Å². The van der Waals surface area contributed by atoms with Gasteiger partial charge in [-0.3, -0.25) is 4.79 Å². The fourth-order valence-corrected chi connectivity index (χ4v) is 3.14. The zero-order chi connectivity index (χ0) is 15.8. The monoisotopic (exact) mass is 295 g/mol. The predicted molar refractivity (Wildman–Crippen MR) is 92.5 cm³/mol. The van der Waals surface area contributed by atoms with Crippen molar-refractivity contribution in [3.05, 3.63) is 35.5 Å². The van der Waals surface area contributed by atoms with Gasteiger partial charge in [0.2, 0.25) is 5.91 Å². The van der Waals surface area contributed by atoms with Crippen molar-refractivity contribution in [2.45, 2.75) is 41.0 Å². The zero-order valence-corrected chi connectivity index (χ0v) is 14.8. The lowest BCUT2D eigenvalue weighted by Crippen LogP contribution is -2.16. The zero-order valence-electron chi connectivity index (χ0n) is 13.8. The molecule has 3 heteroatoms. The summed E-state index contributed by atoms with van der Waals surface area (Å²) in [4.78, 5) is 11.2. The molecule has 0 saturated carbocycles. The van der Waals surface area contributed by atoms with E-state index in [1.54, 1.807) is 6.08 Å². The van der Waals surface area contributed by atoms with Crippen LogP contribution in [0.5, 0.6) is 0 Å². The predicted octanol–water partition coefficient (Wildman–Crippen LogP) is 4.28. The Kier molecular flexibility index (Phi) is 8.73. The minimum Gasteiger partial charge on any atom is -0.366 e. The van der Waals surface area contributed by atoms with E-state index in [0.717, 1.165) is 15.0 Å². The van der Waals surface area contributed by atoms with Crippen LogP contribution in [-0.2, 0) is 4.79 Å². The maximum atomic E-state index is 11.2. The van der Waals surface area contributed by atoms with Gasteiger partial charge in [0.1, 0.15) is 0 Å². The first kappa shape index (κ1) is 19.1. The molecule has 20 heavy (non-hydrogen) atoms. The van der Waals surface area contributed by atoms with Crippen molar-refractivity contribution < 1.29 is 4.79 Å². The lowest BCUT2D eigenvalue weighted by molar-refractivity contribution is -0.114. The molecule has 0 aromatic rings. The Morgan fingerprint density at radius 2 is 1.80 bits per heavy atom. The number of carbonyl (C=O) groups is 1. The van der Waals surface area contributed by atoms with Gasteiger partial charge in [-0.1, -0.05) is 39.0 Å². The largest absolute Gasteiger partial charge is 0.366 e. The highest BCUT2D eigenvalue weighted by molar-refractivity contribution is 7.37. The fraction of sp³-hybridized carbons (Fsp3) is 0.588. The van der Waals surface area contributed by atoms with Gasteiger partial charge >= 0.3 is 0 Å². The summed E-state index contributed by atoms with van der Waals surface area (Å²) in [5.74, 6) is 0.175. The molecule has 0 spiro atoms. The molecule has 0 aliphatic rings. The molecule has 2 atom stereocenters. The maximum absolute atomic E-state index is 11.2. The summed E-state index contributed by atoms with van der Waals surface area (Å²) in [6.07, 6.45) is 10.2.